The highest BCUT2D eigenvalue weighted by atomic mass is 32.1. The molecule has 0 bridgehead atoms. The summed E-state index contributed by atoms with van der Waals surface area (Å²) in [5.41, 5.74) is 0.794. The summed E-state index contributed by atoms with van der Waals surface area (Å²) in [5.74, 6) is -0.0826. The minimum Gasteiger partial charge on any atom is -0.351 e. The van der Waals surface area contributed by atoms with Crippen LogP contribution in [0.2, 0.25) is 0 Å². The molecule has 0 spiro atoms. The highest BCUT2D eigenvalue weighted by molar-refractivity contribution is 7.17. The Hall–Kier alpha value is -1.63. The first-order valence-electron chi connectivity index (χ1n) is 7.58. The number of rotatable bonds is 2. The van der Waals surface area contributed by atoms with E-state index < -0.39 is 0 Å². The Bertz CT molecular complexity index is 537. The Labute approximate surface area is 127 Å². The lowest BCUT2D eigenvalue weighted by Gasteiger charge is -2.22. The molecule has 1 aliphatic heterocycles. The van der Waals surface area contributed by atoms with Crippen molar-refractivity contribution < 1.29 is 9.59 Å². The van der Waals surface area contributed by atoms with Crippen molar-refractivity contribution in [2.75, 3.05) is 11.9 Å². The fourth-order valence-electron chi connectivity index (χ4n) is 2.86. The molecule has 1 aromatic rings. The molecule has 0 aromatic carbocycles. The number of nitrogens with one attached hydrogen (secondary N) is 3. The van der Waals surface area contributed by atoms with E-state index in [-0.39, 0.29) is 18.0 Å². The fraction of sp³-hybridized carbons (Fsp3) is 0.643. The van der Waals surface area contributed by atoms with Crippen LogP contribution in [0, 0.1) is 0 Å². The van der Waals surface area contributed by atoms with Gasteiger partial charge in [0.2, 0.25) is 0 Å². The van der Waals surface area contributed by atoms with E-state index in [1.54, 1.807) is 0 Å². The van der Waals surface area contributed by atoms with Gasteiger partial charge in [0.1, 0.15) is 4.88 Å². The minimum atomic E-state index is -0.216. The predicted octanol–water partition coefficient (Wildman–Crippen LogP) is 2.27. The quantitative estimate of drug-likeness (QED) is 0.783. The number of carbonyl (C=O) groups excluding carboxylic acids is 2. The molecule has 6 nitrogen and oxygen atoms in total. The maximum absolute atomic E-state index is 12.0. The average Bonchev–Trinajstić information content (AvgIpc) is 2.79. The van der Waals surface area contributed by atoms with Gasteiger partial charge >= 0.3 is 6.03 Å². The molecular weight excluding hydrogens is 288 g/mol. The number of fused-ring (bicyclic) bond motifs is 1. The van der Waals surface area contributed by atoms with Crippen LogP contribution >= 0.6 is 11.3 Å². The number of urea groups is 1. The second-order valence-corrected chi connectivity index (χ2v) is 6.59. The third-order valence-electron chi connectivity index (χ3n) is 3.94. The van der Waals surface area contributed by atoms with Gasteiger partial charge in [0.05, 0.1) is 5.69 Å². The van der Waals surface area contributed by atoms with Crippen molar-refractivity contribution in [2.24, 2.45) is 0 Å². The van der Waals surface area contributed by atoms with Crippen LogP contribution < -0.4 is 16.0 Å². The molecule has 1 aliphatic carbocycles. The van der Waals surface area contributed by atoms with Crippen LogP contribution in [0.5, 0.6) is 0 Å². The van der Waals surface area contributed by atoms with E-state index in [9.17, 15) is 9.59 Å². The molecule has 3 N–H and O–H groups in total. The van der Waals surface area contributed by atoms with E-state index in [0.717, 1.165) is 31.4 Å². The van der Waals surface area contributed by atoms with Crippen molar-refractivity contribution in [3.8, 4) is 0 Å². The molecule has 3 amide bonds. The minimum absolute atomic E-state index is 0.0826. The molecule has 2 heterocycles. The van der Waals surface area contributed by atoms with Crippen LogP contribution in [0.1, 0.15) is 53.9 Å². The molecule has 0 atom stereocenters. The van der Waals surface area contributed by atoms with Crippen molar-refractivity contribution in [1.29, 1.82) is 0 Å². The highest BCUT2D eigenvalue weighted by Gasteiger charge is 2.22. The third kappa shape index (κ3) is 3.53. The van der Waals surface area contributed by atoms with Crippen molar-refractivity contribution >= 4 is 28.4 Å². The molecule has 3 rings (SSSR count). The van der Waals surface area contributed by atoms with E-state index >= 15 is 0 Å². The number of carbonyl (C=O) groups is 2. The normalized spacial score (nSPS) is 19.3. The monoisotopic (exact) mass is 308 g/mol. The average molecular weight is 308 g/mol. The summed E-state index contributed by atoms with van der Waals surface area (Å²) in [5, 5.41) is 9.09. The standard InChI is InChI=1S/C14H20N4O2S/c19-12-11-10(7-4-8-15-12)17-14(21-11)18-13(20)16-9-5-2-1-3-6-9/h9H,1-8H2,(H,15,19)(H2,16,17,18,20). The molecule has 7 heteroatoms. The first kappa shape index (κ1) is 14.3. The van der Waals surface area contributed by atoms with Gasteiger partial charge in [0, 0.05) is 12.6 Å². The van der Waals surface area contributed by atoms with Crippen molar-refractivity contribution in [3.05, 3.63) is 10.6 Å². The van der Waals surface area contributed by atoms with Crippen LogP contribution in [0.3, 0.4) is 0 Å². The van der Waals surface area contributed by atoms with Crippen LogP contribution in [0.15, 0.2) is 0 Å². The Kier molecular flexibility index (Phi) is 4.38. The summed E-state index contributed by atoms with van der Waals surface area (Å²) in [6.45, 7) is 0.687. The summed E-state index contributed by atoms with van der Waals surface area (Å²) in [4.78, 5) is 28.8. The largest absolute Gasteiger partial charge is 0.351 e. The Morgan fingerprint density at radius 3 is 2.86 bits per heavy atom. The molecule has 1 saturated carbocycles. The van der Waals surface area contributed by atoms with E-state index in [2.05, 4.69) is 20.9 Å². The maximum Gasteiger partial charge on any atom is 0.321 e. The zero-order valence-electron chi connectivity index (χ0n) is 11.9. The van der Waals surface area contributed by atoms with Gasteiger partial charge in [0.25, 0.3) is 5.91 Å². The molecule has 21 heavy (non-hydrogen) atoms. The molecule has 114 valence electrons. The first-order valence-corrected chi connectivity index (χ1v) is 8.39. The molecule has 2 aliphatic rings. The predicted molar refractivity (Wildman–Crippen MR) is 81.8 cm³/mol. The summed E-state index contributed by atoms with van der Waals surface area (Å²) < 4.78 is 0. The zero-order valence-corrected chi connectivity index (χ0v) is 12.7. The molecule has 1 aromatic heterocycles. The van der Waals surface area contributed by atoms with Crippen molar-refractivity contribution in [3.63, 3.8) is 0 Å². The van der Waals surface area contributed by atoms with Gasteiger partial charge in [-0.1, -0.05) is 30.6 Å². The van der Waals surface area contributed by atoms with Crippen LogP contribution in [0.4, 0.5) is 9.93 Å². The summed E-state index contributed by atoms with van der Waals surface area (Å²) in [6, 6.07) is 0.0473. The molecule has 1 fully saturated rings. The van der Waals surface area contributed by atoms with Gasteiger partial charge in [-0.2, -0.15) is 0 Å². The smallest absolute Gasteiger partial charge is 0.321 e. The fourth-order valence-corrected chi connectivity index (χ4v) is 3.78. The summed E-state index contributed by atoms with van der Waals surface area (Å²) in [7, 11) is 0. The third-order valence-corrected chi connectivity index (χ3v) is 4.95. The van der Waals surface area contributed by atoms with Gasteiger partial charge < -0.3 is 10.6 Å². The van der Waals surface area contributed by atoms with Crippen molar-refractivity contribution in [1.82, 2.24) is 15.6 Å². The number of aromatic nitrogens is 1. The summed E-state index contributed by atoms with van der Waals surface area (Å²) in [6.07, 6.45) is 7.36. The molecule has 0 saturated heterocycles. The lowest BCUT2D eigenvalue weighted by molar-refractivity contribution is 0.0960. The van der Waals surface area contributed by atoms with E-state index in [4.69, 9.17) is 0 Å². The van der Waals surface area contributed by atoms with Crippen molar-refractivity contribution in [2.45, 2.75) is 51.0 Å². The van der Waals surface area contributed by atoms with E-state index in [1.807, 2.05) is 0 Å². The number of anilines is 1. The number of amides is 3. The van der Waals surface area contributed by atoms with Gasteiger partial charge in [-0.3, -0.25) is 10.1 Å². The number of aryl methyl sites for hydroxylation is 1. The maximum atomic E-state index is 12.0. The Morgan fingerprint density at radius 2 is 2.05 bits per heavy atom. The van der Waals surface area contributed by atoms with Crippen LogP contribution in [0.25, 0.3) is 0 Å². The van der Waals surface area contributed by atoms with Gasteiger partial charge in [-0.05, 0) is 25.7 Å². The number of hydrogen-bond donors (Lipinski definition) is 3. The molecule has 0 unspecified atom stereocenters. The van der Waals surface area contributed by atoms with Gasteiger partial charge in [0.15, 0.2) is 5.13 Å². The Balaban J connectivity index is 1.61. The number of hydrogen-bond acceptors (Lipinski definition) is 4. The SMILES string of the molecule is O=C(Nc1nc2c(s1)C(=O)NCCC2)NC1CCCCC1. The lowest BCUT2D eigenvalue weighted by Crippen LogP contribution is -2.39. The summed E-state index contributed by atoms with van der Waals surface area (Å²) >= 11 is 1.25. The van der Waals surface area contributed by atoms with Crippen LogP contribution in [-0.2, 0) is 6.42 Å². The second-order valence-electron chi connectivity index (χ2n) is 5.59. The lowest BCUT2D eigenvalue weighted by atomic mass is 9.96. The topological polar surface area (TPSA) is 83.1 Å². The first-order chi connectivity index (χ1) is 10.2. The van der Waals surface area contributed by atoms with E-state index in [1.165, 1.54) is 30.6 Å². The number of thiazole rings is 1. The molecular formula is C14H20N4O2S. The second kappa shape index (κ2) is 6.43. The zero-order chi connectivity index (χ0) is 14.7. The van der Waals surface area contributed by atoms with Gasteiger partial charge in [-0.15, -0.1) is 0 Å². The highest BCUT2D eigenvalue weighted by Crippen LogP contribution is 2.25. The van der Waals surface area contributed by atoms with Gasteiger partial charge in [-0.25, -0.2) is 9.78 Å². The number of nitrogens with zero attached hydrogens (tertiary/aromatic N) is 1. The van der Waals surface area contributed by atoms with Crippen LogP contribution in [-0.4, -0.2) is 29.5 Å². The Morgan fingerprint density at radius 1 is 1.24 bits per heavy atom. The molecule has 0 radical (unpaired) electrons. The van der Waals surface area contributed by atoms with E-state index in [0.29, 0.717) is 16.6 Å².